The quantitative estimate of drug-likeness (QED) is 0.399. The van der Waals surface area contributed by atoms with E-state index in [4.69, 9.17) is 0 Å². The first kappa shape index (κ1) is 21.2. The van der Waals surface area contributed by atoms with E-state index in [1.165, 1.54) is 32.4 Å². The zero-order valence-corrected chi connectivity index (χ0v) is 20.1. The van der Waals surface area contributed by atoms with Gasteiger partial charge in [-0.15, -0.1) is 7.55 Å². The minimum absolute atomic E-state index is 0.156. The molecule has 0 bridgehead atoms. The zero-order valence-electron chi connectivity index (χ0n) is 19.1. The van der Waals surface area contributed by atoms with E-state index in [0.717, 1.165) is 12.8 Å². The van der Waals surface area contributed by atoms with Gasteiger partial charge in [0.1, 0.15) is 0 Å². The molecule has 0 nitrogen and oxygen atoms in total. The fourth-order valence-corrected chi connectivity index (χ4v) is 8.06. The van der Waals surface area contributed by atoms with Crippen molar-refractivity contribution in [3.8, 4) is 0 Å². The molecule has 0 fully saturated rings. The predicted molar refractivity (Wildman–Crippen MR) is 139 cm³/mol. The van der Waals surface area contributed by atoms with Crippen molar-refractivity contribution >= 4 is 35.3 Å². The molecule has 2 aliphatic rings. The molecule has 2 aromatic rings. The Kier molecular flexibility index (Phi) is 5.82. The van der Waals surface area contributed by atoms with Crippen LogP contribution in [0.3, 0.4) is 0 Å². The van der Waals surface area contributed by atoms with Gasteiger partial charge in [0, 0.05) is 11.1 Å². The Morgan fingerprint density at radius 3 is 2.60 bits per heavy atom. The largest absolute Gasteiger partial charge is 0.111 e. The van der Waals surface area contributed by atoms with Gasteiger partial charge in [-0.2, -0.15) is 0 Å². The van der Waals surface area contributed by atoms with Crippen molar-refractivity contribution in [3.63, 3.8) is 0 Å². The van der Waals surface area contributed by atoms with Gasteiger partial charge in [0.25, 0.3) is 0 Å². The maximum Gasteiger partial charge on any atom is 0.00972 e. The van der Waals surface area contributed by atoms with E-state index in [2.05, 4.69) is 108 Å². The third kappa shape index (κ3) is 3.50. The van der Waals surface area contributed by atoms with Crippen LogP contribution >= 0.6 is 7.55 Å². The molecule has 4 unspecified atom stereocenters. The van der Waals surface area contributed by atoms with Crippen LogP contribution in [0.4, 0.5) is 0 Å². The fraction of sp³-hybridized carbons (Fsp3) is 0.345. The molecule has 1 aliphatic carbocycles. The van der Waals surface area contributed by atoms with Crippen LogP contribution in [0.2, 0.25) is 0 Å². The van der Waals surface area contributed by atoms with E-state index in [1.54, 1.807) is 5.29 Å². The molecule has 30 heavy (non-hydrogen) atoms. The number of rotatable bonds is 2. The fourth-order valence-electron chi connectivity index (χ4n) is 5.28. The van der Waals surface area contributed by atoms with E-state index >= 15 is 0 Å². The van der Waals surface area contributed by atoms with E-state index < -0.39 is 7.55 Å². The number of allylic oxidation sites excluding steroid dienone is 5. The molecular formula is C29H35P. The highest BCUT2D eigenvalue weighted by atomic mass is 31.1. The number of hydrogen-bond acceptors (Lipinski definition) is 0. The molecule has 4 atom stereocenters. The maximum absolute atomic E-state index is 4.59. The van der Waals surface area contributed by atoms with Gasteiger partial charge in [-0.1, -0.05) is 87.3 Å². The summed E-state index contributed by atoms with van der Waals surface area (Å²) in [6, 6.07) is 13.5. The monoisotopic (exact) mass is 414 g/mol. The Morgan fingerprint density at radius 1 is 1.20 bits per heavy atom. The van der Waals surface area contributed by atoms with Crippen molar-refractivity contribution < 1.29 is 0 Å². The van der Waals surface area contributed by atoms with Crippen LogP contribution in [-0.4, -0.2) is 17.1 Å². The van der Waals surface area contributed by atoms with Crippen molar-refractivity contribution in [3.05, 3.63) is 83.3 Å². The number of fused-ring (bicyclic) bond motifs is 3. The smallest absolute Gasteiger partial charge is 0.00972 e. The summed E-state index contributed by atoms with van der Waals surface area (Å²) in [5, 5.41) is 7.22. The molecule has 0 saturated heterocycles. The first-order valence-corrected chi connectivity index (χ1v) is 13.3. The minimum Gasteiger partial charge on any atom is -0.111 e. The average Bonchev–Trinajstić information content (AvgIpc) is 2.79. The molecule has 1 heteroatoms. The average molecular weight is 415 g/mol. The van der Waals surface area contributed by atoms with Crippen LogP contribution < -0.4 is 10.4 Å². The second kappa shape index (κ2) is 8.24. The Balaban J connectivity index is 2.10. The Hall–Kier alpha value is -2.04. The number of hydrogen-bond donors (Lipinski definition) is 0. The van der Waals surface area contributed by atoms with E-state index in [0.29, 0.717) is 11.8 Å². The summed E-state index contributed by atoms with van der Waals surface area (Å²) >= 11 is 0. The van der Waals surface area contributed by atoms with Crippen LogP contribution in [0.15, 0.2) is 72.9 Å². The van der Waals surface area contributed by atoms with Gasteiger partial charge in [-0.05, 0) is 76.8 Å². The van der Waals surface area contributed by atoms with Gasteiger partial charge in [0.05, 0.1) is 0 Å². The highest BCUT2D eigenvalue weighted by molar-refractivity contribution is 7.60. The highest BCUT2D eigenvalue weighted by Gasteiger charge is 2.38. The van der Waals surface area contributed by atoms with Crippen LogP contribution in [-0.2, 0) is 0 Å². The third-order valence-electron chi connectivity index (χ3n) is 7.57. The molecule has 0 N–H and O–H groups in total. The molecule has 0 radical (unpaired) electrons. The summed E-state index contributed by atoms with van der Waals surface area (Å²) in [6.45, 7) is 16.6. The zero-order chi connectivity index (χ0) is 21.5. The summed E-state index contributed by atoms with van der Waals surface area (Å²) < 4.78 is 0. The van der Waals surface area contributed by atoms with Gasteiger partial charge in [-0.25, -0.2) is 0 Å². The molecule has 1 heterocycles. The SMILES string of the molecule is C=C1/C=C\C(C)/C(C)=[PH](\C)C(C)(C=CCC)C2CC=c3cc4ccccc4cc3=C12. The normalized spacial score (nSPS) is 31.5. The minimum atomic E-state index is -0.750. The molecule has 1 aliphatic heterocycles. The lowest BCUT2D eigenvalue weighted by Gasteiger charge is -2.41. The maximum atomic E-state index is 4.59. The van der Waals surface area contributed by atoms with Gasteiger partial charge in [0.15, 0.2) is 0 Å². The standard InChI is InChI=1S/C29H35P/c1-7-8-17-29(5)27-16-15-25-18-23-11-9-10-12-24(23)19-26(25)28(27)21(3)14-13-20(2)22(4)30(29)6/h8-15,17-20,27,30H,3,7,16H2,1-2,4-6H3/b14-13-,17-8?. The summed E-state index contributed by atoms with van der Waals surface area (Å²) in [6.07, 6.45) is 14.3. The first-order chi connectivity index (χ1) is 14.4. The lowest BCUT2D eigenvalue weighted by atomic mass is 9.76. The molecule has 4 rings (SSSR count). The van der Waals surface area contributed by atoms with Crippen molar-refractivity contribution in [2.45, 2.75) is 45.7 Å². The summed E-state index contributed by atoms with van der Waals surface area (Å²) in [7, 11) is -0.750. The van der Waals surface area contributed by atoms with Crippen LogP contribution in [0.25, 0.3) is 22.4 Å². The predicted octanol–water partition coefficient (Wildman–Crippen LogP) is 6.31. The third-order valence-corrected chi connectivity index (χ3v) is 11.3. The lowest BCUT2D eigenvalue weighted by molar-refractivity contribution is 0.576. The molecule has 2 aromatic carbocycles. The van der Waals surface area contributed by atoms with Gasteiger partial charge >= 0.3 is 0 Å². The number of benzene rings is 2. The molecule has 156 valence electrons. The molecular weight excluding hydrogens is 379 g/mol. The lowest BCUT2D eigenvalue weighted by Crippen LogP contribution is -2.40. The summed E-state index contributed by atoms with van der Waals surface area (Å²) in [4.78, 5) is 0. The van der Waals surface area contributed by atoms with Gasteiger partial charge in [0.2, 0.25) is 0 Å². The van der Waals surface area contributed by atoms with Crippen molar-refractivity contribution in [1.82, 2.24) is 0 Å². The topological polar surface area (TPSA) is 0 Å². The molecule has 0 aromatic heterocycles. The van der Waals surface area contributed by atoms with E-state index in [1.807, 2.05) is 0 Å². The van der Waals surface area contributed by atoms with E-state index in [9.17, 15) is 0 Å². The Bertz CT molecular complexity index is 1220. The molecule has 0 saturated carbocycles. The van der Waals surface area contributed by atoms with Gasteiger partial charge in [-0.3, -0.25) is 0 Å². The highest BCUT2D eigenvalue weighted by Crippen LogP contribution is 2.52. The van der Waals surface area contributed by atoms with E-state index in [-0.39, 0.29) is 5.16 Å². The van der Waals surface area contributed by atoms with Crippen molar-refractivity contribution in [2.24, 2.45) is 11.8 Å². The Labute approximate surface area is 182 Å². The van der Waals surface area contributed by atoms with Crippen LogP contribution in [0, 0.1) is 11.8 Å². The summed E-state index contributed by atoms with van der Waals surface area (Å²) in [5.74, 6) is 0.959. The second-order valence-electron chi connectivity index (χ2n) is 9.27. The van der Waals surface area contributed by atoms with Crippen LogP contribution in [0.5, 0.6) is 0 Å². The van der Waals surface area contributed by atoms with Crippen LogP contribution in [0.1, 0.15) is 40.5 Å². The second-order valence-corrected chi connectivity index (χ2v) is 12.4. The molecule has 0 amide bonds. The first-order valence-electron chi connectivity index (χ1n) is 11.3. The van der Waals surface area contributed by atoms with Gasteiger partial charge < -0.3 is 0 Å². The summed E-state index contributed by atoms with van der Waals surface area (Å²) in [5.41, 5.74) is 2.65. The Morgan fingerprint density at radius 2 is 1.90 bits per heavy atom. The van der Waals surface area contributed by atoms with Crippen molar-refractivity contribution in [2.75, 3.05) is 6.66 Å². The molecule has 0 spiro atoms. The van der Waals surface area contributed by atoms with Crippen molar-refractivity contribution in [1.29, 1.82) is 0 Å².